The number of anilines is 1. The molecule has 0 aliphatic carbocycles. The fourth-order valence-corrected chi connectivity index (χ4v) is 2.26. The van der Waals surface area contributed by atoms with Crippen molar-refractivity contribution in [2.45, 2.75) is 13.8 Å². The van der Waals surface area contributed by atoms with Crippen LogP contribution in [0.4, 0.5) is 5.69 Å². The number of carboxylic acid groups (broad SMARTS) is 1. The number of aryl methyl sites for hydroxylation is 2. The molecule has 1 aromatic heterocycles. The summed E-state index contributed by atoms with van der Waals surface area (Å²) in [5, 5.41) is 14.4. The zero-order valence-electron chi connectivity index (χ0n) is 11.6. The summed E-state index contributed by atoms with van der Waals surface area (Å²) in [6.45, 7) is 3.69. The van der Waals surface area contributed by atoms with E-state index in [1.54, 1.807) is 19.1 Å². The molecule has 0 atom stereocenters. The zero-order valence-corrected chi connectivity index (χ0v) is 12.4. The smallest absolute Gasteiger partial charge is 0.335 e. The number of amides is 1. The number of aromatic carboxylic acids is 1. The molecule has 0 aliphatic rings. The van der Waals surface area contributed by atoms with Crippen LogP contribution in [0.15, 0.2) is 29.7 Å². The number of nitrogens with zero attached hydrogens (tertiary/aromatic N) is 1. The van der Waals surface area contributed by atoms with Gasteiger partial charge < -0.3 is 10.4 Å². The van der Waals surface area contributed by atoms with Gasteiger partial charge in [0.2, 0.25) is 5.91 Å². The van der Waals surface area contributed by atoms with Crippen LogP contribution >= 0.6 is 11.3 Å². The van der Waals surface area contributed by atoms with Crippen molar-refractivity contribution < 1.29 is 14.7 Å². The molecule has 5 nitrogen and oxygen atoms in total. The first kappa shape index (κ1) is 14.9. The summed E-state index contributed by atoms with van der Waals surface area (Å²) in [5.41, 5.74) is 2.14. The van der Waals surface area contributed by atoms with E-state index >= 15 is 0 Å². The minimum absolute atomic E-state index is 0.134. The van der Waals surface area contributed by atoms with Crippen molar-refractivity contribution in [3.8, 4) is 0 Å². The van der Waals surface area contributed by atoms with Crippen molar-refractivity contribution in [3.05, 3.63) is 51.5 Å². The number of rotatable bonds is 4. The van der Waals surface area contributed by atoms with E-state index < -0.39 is 5.97 Å². The highest BCUT2D eigenvalue weighted by Gasteiger charge is 2.07. The highest BCUT2D eigenvalue weighted by atomic mass is 32.1. The van der Waals surface area contributed by atoms with Gasteiger partial charge in [0.25, 0.3) is 0 Å². The van der Waals surface area contributed by atoms with Crippen molar-refractivity contribution in [3.63, 3.8) is 0 Å². The Balaban J connectivity index is 2.10. The van der Waals surface area contributed by atoms with Gasteiger partial charge in [0.15, 0.2) is 0 Å². The second kappa shape index (κ2) is 6.32. The van der Waals surface area contributed by atoms with Crippen LogP contribution in [0, 0.1) is 13.8 Å². The molecular formula is C15H14N2O3S. The predicted octanol–water partition coefficient (Wildman–Crippen LogP) is 3.11. The number of carboxylic acids is 1. The number of hydrogen-bond donors (Lipinski definition) is 2. The Morgan fingerprint density at radius 3 is 2.71 bits per heavy atom. The van der Waals surface area contributed by atoms with E-state index in [1.807, 2.05) is 12.3 Å². The van der Waals surface area contributed by atoms with Gasteiger partial charge in [-0.1, -0.05) is 6.07 Å². The lowest BCUT2D eigenvalue weighted by atomic mass is 10.1. The summed E-state index contributed by atoms with van der Waals surface area (Å²) in [4.78, 5) is 27.0. The lowest BCUT2D eigenvalue weighted by Crippen LogP contribution is -2.10. The fourth-order valence-electron chi connectivity index (χ4n) is 1.68. The van der Waals surface area contributed by atoms with E-state index in [9.17, 15) is 9.59 Å². The van der Waals surface area contributed by atoms with Crippen LogP contribution in [0.1, 0.15) is 26.6 Å². The molecule has 0 saturated carbocycles. The minimum atomic E-state index is -1.03. The molecule has 0 radical (unpaired) electrons. The van der Waals surface area contributed by atoms with Crippen LogP contribution in [0.2, 0.25) is 0 Å². The molecule has 0 spiro atoms. The number of thiazole rings is 1. The van der Waals surface area contributed by atoms with Gasteiger partial charge in [-0.25, -0.2) is 9.78 Å². The average Bonchev–Trinajstić information content (AvgIpc) is 2.84. The second-order valence-corrected chi connectivity index (χ2v) is 5.51. The van der Waals surface area contributed by atoms with Crippen LogP contribution < -0.4 is 5.32 Å². The highest BCUT2D eigenvalue weighted by molar-refractivity contribution is 7.09. The number of carbonyl (C=O) groups excluding carboxylic acids is 1. The van der Waals surface area contributed by atoms with Gasteiger partial charge in [0.05, 0.1) is 16.3 Å². The third-order valence-corrected chi connectivity index (χ3v) is 3.58. The Bertz CT molecular complexity index is 719. The van der Waals surface area contributed by atoms with Crippen LogP contribution in [0.3, 0.4) is 0 Å². The zero-order chi connectivity index (χ0) is 15.4. The topological polar surface area (TPSA) is 79.3 Å². The van der Waals surface area contributed by atoms with Crippen molar-refractivity contribution in [2.24, 2.45) is 0 Å². The number of hydrogen-bond acceptors (Lipinski definition) is 4. The maximum absolute atomic E-state index is 11.9. The van der Waals surface area contributed by atoms with Gasteiger partial charge in [-0.3, -0.25) is 4.79 Å². The maximum atomic E-state index is 11.9. The summed E-state index contributed by atoms with van der Waals surface area (Å²) in [6, 6.07) is 4.60. The lowest BCUT2D eigenvalue weighted by molar-refractivity contribution is -0.111. The quantitative estimate of drug-likeness (QED) is 0.850. The van der Waals surface area contributed by atoms with E-state index in [-0.39, 0.29) is 11.5 Å². The number of carbonyl (C=O) groups is 2. The van der Waals surface area contributed by atoms with Gasteiger partial charge in [-0.15, -0.1) is 11.3 Å². The molecule has 6 heteroatoms. The molecule has 2 N–H and O–H groups in total. The van der Waals surface area contributed by atoms with Crippen molar-refractivity contribution in [1.82, 2.24) is 4.98 Å². The largest absolute Gasteiger partial charge is 0.478 e. The molecule has 0 saturated heterocycles. The van der Waals surface area contributed by atoms with E-state index in [0.29, 0.717) is 5.69 Å². The SMILES string of the molecule is Cc1nc(/C=C/C(=O)Nc2cc(C(=O)O)ccc2C)cs1. The van der Waals surface area contributed by atoms with Crippen molar-refractivity contribution in [1.29, 1.82) is 0 Å². The van der Waals surface area contributed by atoms with Gasteiger partial charge in [-0.05, 0) is 37.6 Å². The van der Waals surface area contributed by atoms with Gasteiger partial charge in [-0.2, -0.15) is 0 Å². The van der Waals surface area contributed by atoms with Crippen molar-refractivity contribution in [2.75, 3.05) is 5.32 Å². The van der Waals surface area contributed by atoms with Crippen LogP contribution in [-0.4, -0.2) is 22.0 Å². The monoisotopic (exact) mass is 302 g/mol. The van der Waals surface area contributed by atoms with Gasteiger partial charge in [0, 0.05) is 17.1 Å². The summed E-state index contributed by atoms with van der Waals surface area (Å²) in [7, 11) is 0. The molecule has 2 aromatic rings. The lowest BCUT2D eigenvalue weighted by Gasteiger charge is -2.07. The van der Waals surface area contributed by atoms with Crippen LogP contribution in [-0.2, 0) is 4.79 Å². The van der Waals surface area contributed by atoms with E-state index in [4.69, 9.17) is 5.11 Å². The Labute approximate surface area is 126 Å². The Morgan fingerprint density at radius 2 is 2.10 bits per heavy atom. The Hall–Kier alpha value is -2.47. The maximum Gasteiger partial charge on any atom is 0.335 e. The predicted molar refractivity (Wildman–Crippen MR) is 82.7 cm³/mol. The summed E-state index contributed by atoms with van der Waals surface area (Å²) in [6.07, 6.45) is 3.00. The van der Waals surface area contributed by atoms with Crippen molar-refractivity contribution >= 4 is 35.0 Å². The number of aromatic nitrogens is 1. The van der Waals surface area contributed by atoms with Gasteiger partial charge >= 0.3 is 5.97 Å². The second-order valence-electron chi connectivity index (χ2n) is 4.45. The molecule has 1 heterocycles. The fraction of sp³-hybridized carbons (Fsp3) is 0.133. The molecule has 108 valence electrons. The standard InChI is InChI=1S/C15H14N2O3S/c1-9-3-4-11(15(19)20)7-13(9)17-14(18)6-5-12-8-21-10(2)16-12/h3-8H,1-2H3,(H,17,18)(H,19,20)/b6-5+. The first-order valence-electron chi connectivity index (χ1n) is 6.21. The molecule has 0 aliphatic heterocycles. The molecule has 1 amide bonds. The minimum Gasteiger partial charge on any atom is -0.478 e. The van der Waals surface area contributed by atoms with Crippen LogP contribution in [0.25, 0.3) is 6.08 Å². The first-order chi connectivity index (χ1) is 9.95. The first-order valence-corrected chi connectivity index (χ1v) is 7.09. The molecule has 0 unspecified atom stereocenters. The Kier molecular flexibility index (Phi) is 4.49. The summed E-state index contributed by atoms with van der Waals surface area (Å²) < 4.78 is 0. The third kappa shape index (κ3) is 4.00. The third-order valence-electron chi connectivity index (χ3n) is 2.78. The van der Waals surface area contributed by atoms with E-state index in [0.717, 1.165) is 16.3 Å². The number of nitrogens with one attached hydrogen (secondary N) is 1. The van der Waals surface area contributed by atoms with E-state index in [2.05, 4.69) is 10.3 Å². The molecule has 21 heavy (non-hydrogen) atoms. The average molecular weight is 302 g/mol. The number of benzene rings is 1. The highest BCUT2D eigenvalue weighted by Crippen LogP contribution is 2.17. The normalized spacial score (nSPS) is 10.8. The molecule has 1 aromatic carbocycles. The Morgan fingerprint density at radius 1 is 1.33 bits per heavy atom. The molecule has 0 bridgehead atoms. The summed E-state index contributed by atoms with van der Waals surface area (Å²) >= 11 is 1.51. The van der Waals surface area contributed by atoms with E-state index in [1.165, 1.54) is 29.5 Å². The molecule has 2 rings (SSSR count). The van der Waals surface area contributed by atoms with Gasteiger partial charge in [0.1, 0.15) is 0 Å². The molecule has 0 fully saturated rings. The van der Waals surface area contributed by atoms with Crippen LogP contribution in [0.5, 0.6) is 0 Å². The summed E-state index contributed by atoms with van der Waals surface area (Å²) in [5.74, 6) is -1.36. The molecular weight excluding hydrogens is 288 g/mol.